The minimum atomic E-state index is -0.830. The van der Waals surface area contributed by atoms with Crippen LogP contribution < -0.4 is 0 Å². The van der Waals surface area contributed by atoms with E-state index in [1.165, 1.54) is 0 Å². The summed E-state index contributed by atoms with van der Waals surface area (Å²) in [5.74, 6) is -0.830. The van der Waals surface area contributed by atoms with Crippen LogP contribution in [0.1, 0.15) is 11.3 Å². The van der Waals surface area contributed by atoms with E-state index in [4.69, 9.17) is 5.11 Å². The second-order valence-corrected chi connectivity index (χ2v) is 6.22. The molecule has 0 amide bonds. The van der Waals surface area contributed by atoms with Crippen LogP contribution in [0, 0.1) is 6.92 Å². The van der Waals surface area contributed by atoms with Gasteiger partial charge in [-0.05, 0) is 48.9 Å². The van der Waals surface area contributed by atoms with Crippen molar-refractivity contribution in [1.29, 1.82) is 0 Å². The Bertz CT molecular complexity index is 1100. The number of fused-ring (bicyclic) bond motifs is 1. The number of nitrogens with zero attached hydrogens (tertiary/aromatic N) is 3. The predicted molar refractivity (Wildman–Crippen MR) is 108 cm³/mol. The number of aliphatic carboxylic acids is 1. The van der Waals surface area contributed by atoms with Crippen molar-refractivity contribution in [3.63, 3.8) is 0 Å². The number of aryl methyl sites for hydroxylation is 1. The third kappa shape index (κ3) is 3.95. The van der Waals surface area contributed by atoms with Crippen LogP contribution in [0.5, 0.6) is 0 Å². The summed E-state index contributed by atoms with van der Waals surface area (Å²) in [7, 11) is 0. The molecule has 4 aromatic rings. The molecule has 0 fully saturated rings. The summed E-state index contributed by atoms with van der Waals surface area (Å²) in [6.07, 6.45) is 1.81. The van der Waals surface area contributed by atoms with Crippen LogP contribution >= 0.6 is 0 Å². The third-order valence-corrected chi connectivity index (χ3v) is 4.30. The zero-order valence-electron chi connectivity index (χ0n) is 14.3. The maximum absolute atomic E-state index is 10.8. The molecule has 27 heavy (non-hydrogen) atoms. The molecule has 0 aliphatic heterocycles. The van der Waals surface area contributed by atoms with Crippen molar-refractivity contribution in [3.8, 4) is 16.9 Å². The molecule has 4 rings (SSSR count). The molecular formula is C21H18LiN3O2. The van der Waals surface area contributed by atoms with Crippen LogP contribution in [0.15, 0.2) is 67.0 Å². The molecule has 0 spiro atoms. The first-order valence-electron chi connectivity index (χ1n) is 8.32. The van der Waals surface area contributed by atoms with E-state index < -0.39 is 5.97 Å². The molecule has 0 radical (unpaired) electrons. The fraction of sp³-hybridized carbons (Fsp3) is 0.0952. The number of aromatic nitrogens is 3. The van der Waals surface area contributed by atoms with Crippen LogP contribution in [-0.4, -0.2) is 44.5 Å². The monoisotopic (exact) mass is 351 g/mol. The number of imidazole rings is 1. The number of rotatable bonds is 4. The Morgan fingerprint density at radius 3 is 2.56 bits per heavy atom. The molecule has 0 saturated heterocycles. The molecule has 0 bridgehead atoms. The number of carbonyl (C=O) groups is 1. The number of carboxylic acids is 1. The van der Waals surface area contributed by atoms with Crippen molar-refractivity contribution in [1.82, 2.24) is 14.5 Å². The van der Waals surface area contributed by atoms with E-state index in [2.05, 4.69) is 9.97 Å². The summed E-state index contributed by atoms with van der Waals surface area (Å²) >= 11 is 0. The SMILES string of the molecule is Cc1cccc(-c2ccc3c(c2)ncn3-c2ccc(CC(=O)O)cc2)n1.[LiH]. The summed E-state index contributed by atoms with van der Waals surface area (Å²) < 4.78 is 1.99. The van der Waals surface area contributed by atoms with E-state index in [1.807, 2.05) is 72.2 Å². The van der Waals surface area contributed by atoms with E-state index in [0.717, 1.165) is 39.2 Å². The van der Waals surface area contributed by atoms with Crippen LogP contribution in [0.4, 0.5) is 0 Å². The second kappa shape index (κ2) is 7.79. The topological polar surface area (TPSA) is 68.0 Å². The van der Waals surface area contributed by atoms with Gasteiger partial charge in [-0.2, -0.15) is 0 Å². The first-order valence-corrected chi connectivity index (χ1v) is 8.32. The molecule has 0 aliphatic carbocycles. The molecule has 0 atom stereocenters. The van der Waals surface area contributed by atoms with Crippen molar-refractivity contribution in [3.05, 3.63) is 78.2 Å². The zero-order chi connectivity index (χ0) is 18.1. The van der Waals surface area contributed by atoms with Crippen molar-refractivity contribution in [2.45, 2.75) is 13.3 Å². The van der Waals surface area contributed by atoms with Gasteiger partial charge >= 0.3 is 24.8 Å². The van der Waals surface area contributed by atoms with Gasteiger partial charge < -0.3 is 5.11 Å². The fourth-order valence-corrected chi connectivity index (χ4v) is 3.03. The van der Waals surface area contributed by atoms with Gasteiger partial charge in [-0.15, -0.1) is 0 Å². The van der Waals surface area contributed by atoms with Gasteiger partial charge in [-0.25, -0.2) is 4.98 Å². The number of pyridine rings is 1. The first kappa shape index (κ1) is 18.9. The molecule has 2 aromatic carbocycles. The number of hydrogen-bond donors (Lipinski definition) is 1. The average Bonchev–Trinajstić information content (AvgIpc) is 3.05. The van der Waals surface area contributed by atoms with Gasteiger partial charge in [-0.1, -0.05) is 24.3 Å². The minimum absolute atomic E-state index is 0. The Morgan fingerprint density at radius 1 is 1.07 bits per heavy atom. The fourth-order valence-electron chi connectivity index (χ4n) is 3.03. The van der Waals surface area contributed by atoms with Gasteiger partial charge in [0.2, 0.25) is 0 Å². The van der Waals surface area contributed by atoms with Crippen molar-refractivity contribution in [2.75, 3.05) is 0 Å². The Labute approximate surface area is 168 Å². The van der Waals surface area contributed by atoms with Crippen LogP contribution in [0.2, 0.25) is 0 Å². The van der Waals surface area contributed by atoms with E-state index in [-0.39, 0.29) is 25.3 Å². The van der Waals surface area contributed by atoms with Gasteiger partial charge in [0, 0.05) is 16.9 Å². The van der Waals surface area contributed by atoms with Gasteiger partial charge in [0.15, 0.2) is 0 Å². The van der Waals surface area contributed by atoms with Gasteiger partial charge in [-0.3, -0.25) is 14.3 Å². The summed E-state index contributed by atoms with van der Waals surface area (Å²) in [5, 5.41) is 8.88. The molecule has 1 N–H and O–H groups in total. The molecule has 0 aliphatic rings. The standard InChI is InChI=1S/C21H17N3O2.Li.H/c1-14-3-2-4-18(23-14)16-7-10-20-19(12-16)22-13-24(20)17-8-5-15(6-9-17)11-21(25)26;;/h2-10,12-13H,11H2,1H3,(H,25,26);;. The quantitative estimate of drug-likeness (QED) is 0.573. The molecule has 5 nitrogen and oxygen atoms in total. The predicted octanol–water partition coefficient (Wildman–Crippen LogP) is 3.37. The van der Waals surface area contributed by atoms with Gasteiger partial charge in [0.05, 0.1) is 23.1 Å². The van der Waals surface area contributed by atoms with Gasteiger partial charge in [0.25, 0.3) is 0 Å². The summed E-state index contributed by atoms with van der Waals surface area (Å²) in [6.45, 7) is 1.98. The Hall–Kier alpha value is -2.87. The Balaban J connectivity index is 0.00000210. The van der Waals surface area contributed by atoms with Crippen molar-refractivity contribution in [2.24, 2.45) is 0 Å². The molecular weight excluding hydrogens is 333 g/mol. The number of carboxylic acid groups (broad SMARTS) is 1. The van der Waals surface area contributed by atoms with Crippen LogP contribution in [0.25, 0.3) is 28.0 Å². The molecule has 130 valence electrons. The van der Waals surface area contributed by atoms with Gasteiger partial charge in [0.1, 0.15) is 6.33 Å². The van der Waals surface area contributed by atoms with Crippen molar-refractivity contribution < 1.29 is 9.90 Å². The summed E-state index contributed by atoms with van der Waals surface area (Å²) in [4.78, 5) is 19.9. The second-order valence-electron chi connectivity index (χ2n) is 6.22. The van der Waals surface area contributed by atoms with E-state index in [0.29, 0.717) is 0 Å². The number of hydrogen-bond acceptors (Lipinski definition) is 3. The molecule has 2 aromatic heterocycles. The molecule has 2 heterocycles. The Morgan fingerprint density at radius 2 is 1.85 bits per heavy atom. The first-order chi connectivity index (χ1) is 12.6. The number of benzene rings is 2. The zero-order valence-corrected chi connectivity index (χ0v) is 14.3. The molecule has 6 heteroatoms. The van der Waals surface area contributed by atoms with E-state index in [9.17, 15) is 4.79 Å². The van der Waals surface area contributed by atoms with E-state index in [1.54, 1.807) is 6.33 Å². The normalized spacial score (nSPS) is 10.6. The average molecular weight is 351 g/mol. The summed E-state index contributed by atoms with van der Waals surface area (Å²) in [6, 6.07) is 19.6. The summed E-state index contributed by atoms with van der Waals surface area (Å²) in [5.41, 5.74) is 6.55. The third-order valence-electron chi connectivity index (χ3n) is 4.30. The van der Waals surface area contributed by atoms with Crippen molar-refractivity contribution >= 4 is 35.9 Å². The molecule has 0 saturated carbocycles. The maximum atomic E-state index is 10.8. The Kier molecular flexibility index (Phi) is 5.45. The van der Waals surface area contributed by atoms with Crippen LogP contribution in [-0.2, 0) is 11.2 Å². The van der Waals surface area contributed by atoms with Crippen LogP contribution in [0.3, 0.4) is 0 Å². The molecule has 0 unspecified atom stereocenters. The van der Waals surface area contributed by atoms with E-state index >= 15 is 0 Å².